The first-order valence-electron chi connectivity index (χ1n) is 5.87. The molecule has 0 aromatic heterocycles. The zero-order valence-corrected chi connectivity index (χ0v) is 8.91. The van der Waals surface area contributed by atoms with Crippen molar-refractivity contribution in [3.8, 4) is 0 Å². The van der Waals surface area contributed by atoms with Crippen molar-refractivity contribution in [1.29, 1.82) is 0 Å². The van der Waals surface area contributed by atoms with Crippen LogP contribution in [-0.4, -0.2) is 35.5 Å². The molecule has 1 aliphatic carbocycles. The molecule has 1 fully saturated rings. The van der Waals surface area contributed by atoms with Crippen LogP contribution in [0.3, 0.4) is 0 Å². The van der Waals surface area contributed by atoms with E-state index in [-0.39, 0.29) is 18.8 Å². The van der Waals surface area contributed by atoms with Gasteiger partial charge in [0.1, 0.15) is 0 Å². The van der Waals surface area contributed by atoms with Crippen LogP contribution >= 0.6 is 0 Å². The molecule has 0 bridgehead atoms. The van der Waals surface area contributed by atoms with Crippen molar-refractivity contribution in [3.63, 3.8) is 0 Å². The SMILES string of the molecule is OCCCCNC1CCCCCC1O. The molecule has 0 aliphatic heterocycles. The third-order valence-corrected chi connectivity index (χ3v) is 2.97. The highest BCUT2D eigenvalue weighted by Gasteiger charge is 2.20. The first-order chi connectivity index (χ1) is 6.84. The minimum atomic E-state index is -0.161. The van der Waals surface area contributed by atoms with Gasteiger partial charge in [-0.25, -0.2) is 0 Å². The van der Waals surface area contributed by atoms with E-state index in [0.29, 0.717) is 0 Å². The van der Waals surface area contributed by atoms with Gasteiger partial charge in [0.15, 0.2) is 0 Å². The second-order valence-electron chi connectivity index (χ2n) is 4.20. The number of rotatable bonds is 5. The fraction of sp³-hybridized carbons (Fsp3) is 1.00. The molecular formula is C11H23NO2. The molecule has 3 N–H and O–H groups in total. The van der Waals surface area contributed by atoms with Gasteiger partial charge in [0.25, 0.3) is 0 Å². The lowest BCUT2D eigenvalue weighted by molar-refractivity contribution is 0.119. The summed E-state index contributed by atoms with van der Waals surface area (Å²) >= 11 is 0. The van der Waals surface area contributed by atoms with E-state index >= 15 is 0 Å². The van der Waals surface area contributed by atoms with Crippen molar-refractivity contribution in [2.75, 3.05) is 13.2 Å². The maximum Gasteiger partial charge on any atom is 0.0693 e. The summed E-state index contributed by atoms with van der Waals surface area (Å²) in [6.45, 7) is 1.19. The van der Waals surface area contributed by atoms with Gasteiger partial charge in [-0.1, -0.05) is 19.3 Å². The molecule has 0 amide bonds. The fourth-order valence-corrected chi connectivity index (χ4v) is 2.05. The van der Waals surface area contributed by atoms with Gasteiger partial charge >= 0.3 is 0 Å². The number of hydrogen-bond donors (Lipinski definition) is 3. The van der Waals surface area contributed by atoms with Crippen LogP contribution < -0.4 is 5.32 Å². The van der Waals surface area contributed by atoms with Crippen LogP contribution in [0.2, 0.25) is 0 Å². The molecule has 0 spiro atoms. The summed E-state index contributed by atoms with van der Waals surface area (Å²) in [4.78, 5) is 0. The Morgan fingerprint density at radius 2 is 1.86 bits per heavy atom. The number of unbranched alkanes of at least 4 members (excludes halogenated alkanes) is 1. The Morgan fingerprint density at radius 3 is 2.64 bits per heavy atom. The Hall–Kier alpha value is -0.120. The maximum atomic E-state index is 9.79. The second-order valence-corrected chi connectivity index (χ2v) is 4.20. The molecule has 3 nitrogen and oxygen atoms in total. The molecule has 1 saturated carbocycles. The number of hydrogen-bond acceptors (Lipinski definition) is 3. The van der Waals surface area contributed by atoms with Crippen molar-refractivity contribution < 1.29 is 10.2 Å². The Morgan fingerprint density at radius 1 is 1.07 bits per heavy atom. The van der Waals surface area contributed by atoms with Gasteiger partial charge in [-0.2, -0.15) is 0 Å². The van der Waals surface area contributed by atoms with E-state index in [1.165, 1.54) is 12.8 Å². The van der Waals surface area contributed by atoms with Crippen LogP contribution in [-0.2, 0) is 0 Å². The van der Waals surface area contributed by atoms with Crippen molar-refractivity contribution in [1.82, 2.24) is 5.32 Å². The lowest BCUT2D eigenvalue weighted by Gasteiger charge is -2.21. The van der Waals surface area contributed by atoms with Crippen molar-refractivity contribution in [2.24, 2.45) is 0 Å². The van der Waals surface area contributed by atoms with E-state index in [2.05, 4.69) is 5.32 Å². The predicted molar refractivity (Wildman–Crippen MR) is 57.2 cm³/mol. The average Bonchev–Trinajstić information content (AvgIpc) is 2.39. The van der Waals surface area contributed by atoms with E-state index in [0.717, 1.165) is 38.6 Å². The molecule has 1 aliphatic rings. The standard InChI is InChI=1S/C11H23NO2/c13-9-5-4-8-12-10-6-2-1-3-7-11(10)14/h10-14H,1-9H2. The molecule has 0 saturated heterocycles. The Labute approximate surface area is 86.5 Å². The molecule has 2 atom stereocenters. The average molecular weight is 201 g/mol. The summed E-state index contributed by atoms with van der Waals surface area (Å²) in [7, 11) is 0. The third kappa shape index (κ3) is 4.40. The normalized spacial score (nSPS) is 28.7. The summed E-state index contributed by atoms with van der Waals surface area (Å²) in [6.07, 6.45) is 7.39. The lowest BCUT2D eigenvalue weighted by Crippen LogP contribution is -2.39. The summed E-state index contributed by atoms with van der Waals surface area (Å²) < 4.78 is 0. The minimum Gasteiger partial charge on any atom is -0.396 e. The predicted octanol–water partition coefficient (Wildman–Crippen LogP) is 1.04. The molecular weight excluding hydrogens is 178 g/mol. The minimum absolute atomic E-state index is 0.161. The van der Waals surface area contributed by atoms with Crippen LogP contribution in [0, 0.1) is 0 Å². The summed E-state index contributed by atoms with van der Waals surface area (Å²) in [5.74, 6) is 0. The zero-order valence-electron chi connectivity index (χ0n) is 8.91. The van der Waals surface area contributed by atoms with E-state index < -0.39 is 0 Å². The quantitative estimate of drug-likeness (QED) is 0.460. The third-order valence-electron chi connectivity index (χ3n) is 2.97. The van der Waals surface area contributed by atoms with Crippen molar-refractivity contribution >= 4 is 0 Å². The summed E-state index contributed by atoms with van der Waals surface area (Å²) in [5, 5.41) is 21.8. The molecule has 1 rings (SSSR count). The van der Waals surface area contributed by atoms with Crippen LogP contribution in [0.5, 0.6) is 0 Å². The van der Waals surface area contributed by atoms with Crippen LogP contribution in [0.4, 0.5) is 0 Å². The number of aliphatic hydroxyl groups excluding tert-OH is 2. The molecule has 0 aromatic carbocycles. The number of nitrogens with one attached hydrogen (secondary N) is 1. The maximum absolute atomic E-state index is 9.79. The highest BCUT2D eigenvalue weighted by atomic mass is 16.3. The van der Waals surface area contributed by atoms with Crippen LogP contribution in [0.15, 0.2) is 0 Å². The fourth-order valence-electron chi connectivity index (χ4n) is 2.05. The van der Waals surface area contributed by atoms with E-state index in [4.69, 9.17) is 5.11 Å². The van der Waals surface area contributed by atoms with Gasteiger partial charge in [-0.15, -0.1) is 0 Å². The first kappa shape index (κ1) is 12.0. The van der Waals surface area contributed by atoms with Crippen LogP contribution in [0.1, 0.15) is 44.9 Å². The largest absolute Gasteiger partial charge is 0.396 e. The van der Waals surface area contributed by atoms with E-state index in [1.54, 1.807) is 0 Å². The zero-order chi connectivity index (χ0) is 10.2. The molecule has 0 heterocycles. The van der Waals surface area contributed by atoms with Gasteiger partial charge in [-0.05, 0) is 32.2 Å². The molecule has 84 valence electrons. The Balaban J connectivity index is 2.13. The van der Waals surface area contributed by atoms with E-state index in [1.807, 2.05) is 0 Å². The van der Waals surface area contributed by atoms with E-state index in [9.17, 15) is 5.11 Å². The summed E-state index contributed by atoms with van der Waals surface area (Å²) in [6, 6.07) is 0.288. The molecule has 0 aromatic rings. The molecule has 14 heavy (non-hydrogen) atoms. The monoisotopic (exact) mass is 201 g/mol. The van der Waals surface area contributed by atoms with Crippen molar-refractivity contribution in [3.05, 3.63) is 0 Å². The molecule has 3 heteroatoms. The molecule has 0 radical (unpaired) electrons. The lowest BCUT2D eigenvalue weighted by atomic mass is 10.1. The van der Waals surface area contributed by atoms with Crippen LogP contribution in [0.25, 0.3) is 0 Å². The highest BCUT2D eigenvalue weighted by molar-refractivity contribution is 4.78. The Bertz CT molecular complexity index is 141. The smallest absolute Gasteiger partial charge is 0.0693 e. The highest BCUT2D eigenvalue weighted by Crippen LogP contribution is 2.17. The summed E-state index contributed by atoms with van der Waals surface area (Å²) in [5.41, 5.74) is 0. The van der Waals surface area contributed by atoms with Gasteiger partial charge in [-0.3, -0.25) is 0 Å². The van der Waals surface area contributed by atoms with Crippen molar-refractivity contribution in [2.45, 2.75) is 57.1 Å². The Kier molecular flexibility index (Phi) is 6.15. The topological polar surface area (TPSA) is 52.5 Å². The van der Waals surface area contributed by atoms with Gasteiger partial charge in [0.2, 0.25) is 0 Å². The van der Waals surface area contributed by atoms with Gasteiger partial charge in [0, 0.05) is 12.6 Å². The van der Waals surface area contributed by atoms with Gasteiger partial charge < -0.3 is 15.5 Å². The molecule has 2 unspecified atom stereocenters. The first-order valence-corrected chi connectivity index (χ1v) is 5.87. The van der Waals surface area contributed by atoms with Gasteiger partial charge in [0.05, 0.1) is 6.10 Å². The second kappa shape index (κ2) is 7.21. The number of aliphatic hydroxyl groups is 2.